The van der Waals surface area contributed by atoms with E-state index in [1.807, 2.05) is 58.9 Å². The Hall–Kier alpha value is -3.85. The Morgan fingerprint density at radius 1 is 0.902 bits per heavy atom. The Labute approximate surface area is 244 Å². The topological polar surface area (TPSA) is 96.0 Å². The Bertz CT molecular complexity index is 1420. The Morgan fingerprint density at radius 3 is 2.07 bits per heavy atom. The molecule has 8 nitrogen and oxygen atoms in total. The van der Waals surface area contributed by atoms with Gasteiger partial charge in [-0.25, -0.2) is 8.42 Å². The van der Waals surface area contributed by atoms with Crippen molar-refractivity contribution in [3.8, 4) is 5.75 Å². The molecule has 0 aliphatic carbocycles. The molecule has 1 unspecified atom stereocenters. The van der Waals surface area contributed by atoms with Gasteiger partial charge in [-0.2, -0.15) is 0 Å². The van der Waals surface area contributed by atoms with Crippen molar-refractivity contribution >= 4 is 27.5 Å². The van der Waals surface area contributed by atoms with Crippen LogP contribution in [0, 0.1) is 0 Å². The minimum Gasteiger partial charge on any atom is -0.497 e. The summed E-state index contributed by atoms with van der Waals surface area (Å²) in [4.78, 5) is 29.2. The Balaban J connectivity index is 2.09. The molecule has 0 saturated heterocycles. The first-order chi connectivity index (χ1) is 19.4. The van der Waals surface area contributed by atoms with Crippen LogP contribution in [-0.4, -0.2) is 50.4 Å². The number of nitrogens with zero attached hydrogens (tertiary/aromatic N) is 2. The van der Waals surface area contributed by atoms with Crippen LogP contribution in [0.3, 0.4) is 0 Å². The molecule has 0 aliphatic heterocycles. The average molecular weight is 580 g/mol. The number of para-hydroxylation sites is 1. The molecule has 0 spiro atoms. The molecule has 0 aliphatic rings. The molecule has 0 radical (unpaired) electrons. The van der Waals surface area contributed by atoms with E-state index in [1.165, 1.54) is 21.3 Å². The van der Waals surface area contributed by atoms with Crippen LogP contribution in [0.1, 0.15) is 52.2 Å². The zero-order valence-electron chi connectivity index (χ0n) is 24.8. The number of sulfonamides is 1. The summed E-state index contributed by atoms with van der Waals surface area (Å²) in [5.74, 6) is -0.115. The van der Waals surface area contributed by atoms with Crippen molar-refractivity contribution in [3.05, 3.63) is 90.0 Å². The standard InChI is InChI=1S/C32H41N3O5S/c1-7-25-14-12-13-17-29(25)35(41(38,39)27-15-10-9-11-16-27)23-30(36)34(22-24-18-20-26(40-6)21-19-24)28(8-2)31(37)33-32(3,4)5/h9-21,28H,7-8,22-23H2,1-6H3,(H,33,37). The molecule has 0 bridgehead atoms. The van der Waals surface area contributed by atoms with Crippen molar-refractivity contribution in [2.45, 2.75) is 70.5 Å². The van der Waals surface area contributed by atoms with Crippen LogP contribution in [0.15, 0.2) is 83.8 Å². The van der Waals surface area contributed by atoms with E-state index in [0.29, 0.717) is 24.3 Å². The fourth-order valence-corrected chi connectivity index (χ4v) is 6.06. The van der Waals surface area contributed by atoms with Gasteiger partial charge in [-0.05, 0) is 75.1 Å². The molecule has 1 N–H and O–H groups in total. The normalized spacial score (nSPS) is 12.3. The quantitative estimate of drug-likeness (QED) is 0.319. The SMILES string of the molecule is CCc1ccccc1N(CC(=O)N(Cc1ccc(OC)cc1)C(CC)C(=O)NC(C)(C)C)S(=O)(=O)c1ccccc1. The van der Waals surface area contributed by atoms with Crippen LogP contribution >= 0.6 is 0 Å². The van der Waals surface area contributed by atoms with Crippen LogP contribution in [0.2, 0.25) is 0 Å². The van der Waals surface area contributed by atoms with Crippen molar-refractivity contribution in [3.63, 3.8) is 0 Å². The van der Waals surface area contributed by atoms with Crippen molar-refractivity contribution in [1.29, 1.82) is 0 Å². The minimum absolute atomic E-state index is 0.0814. The predicted molar refractivity (Wildman–Crippen MR) is 162 cm³/mol. The maximum Gasteiger partial charge on any atom is 0.264 e. The number of hydrogen-bond acceptors (Lipinski definition) is 5. The number of carbonyl (C=O) groups is 2. The zero-order valence-corrected chi connectivity index (χ0v) is 25.6. The van der Waals surface area contributed by atoms with Gasteiger partial charge in [0.2, 0.25) is 11.8 Å². The highest BCUT2D eigenvalue weighted by Crippen LogP contribution is 2.28. The summed E-state index contributed by atoms with van der Waals surface area (Å²) < 4.78 is 34.5. The van der Waals surface area contributed by atoms with Gasteiger partial charge in [0.05, 0.1) is 17.7 Å². The van der Waals surface area contributed by atoms with E-state index in [1.54, 1.807) is 49.6 Å². The summed E-state index contributed by atoms with van der Waals surface area (Å²) in [5.41, 5.74) is 1.50. The molecular weight excluding hydrogens is 538 g/mol. The lowest BCUT2D eigenvalue weighted by atomic mass is 10.1. The van der Waals surface area contributed by atoms with Gasteiger partial charge in [-0.15, -0.1) is 0 Å². The molecule has 2 amide bonds. The van der Waals surface area contributed by atoms with Crippen molar-refractivity contribution in [2.24, 2.45) is 0 Å². The van der Waals surface area contributed by atoms with E-state index in [2.05, 4.69) is 5.32 Å². The van der Waals surface area contributed by atoms with Gasteiger partial charge >= 0.3 is 0 Å². The third-order valence-electron chi connectivity index (χ3n) is 6.65. The molecule has 1 atom stereocenters. The van der Waals surface area contributed by atoms with E-state index in [9.17, 15) is 18.0 Å². The Morgan fingerprint density at radius 2 is 1.51 bits per heavy atom. The first-order valence-corrected chi connectivity index (χ1v) is 15.2. The highest BCUT2D eigenvalue weighted by atomic mass is 32.2. The number of methoxy groups -OCH3 is 1. The zero-order chi connectivity index (χ0) is 30.2. The highest BCUT2D eigenvalue weighted by molar-refractivity contribution is 7.92. The molecule has 220 valence electrons. The van der Waals surface area contributed by atoms with Crippen LogP contribution < -0.4 is 14.4 Å². The number of rotatable bonds is 12. The van der Waals surface area contributed by atoms with Crippen molar-refractivity contribution < 1.29 is 22.7 Å². The predicted octanol–water partition coefficient (Wildman–Crippen LogP) is 5.18. The lowest BCUT2D eigenvalue weighted by Gasteiger charge is -2.35. The summed E-state index contributed by atoms with van der Waals surface area (Å²) in [6.07, 6.45) is 0.924. The largest absolute Gasteiger partial charge is 0.497 e. The molecule has 9 heteroatoms. The molecule has 0 heterocycles. The van der Waals surface area contributed by atoms with Crippen molar-refractivity contribution in [1.82, 2.24) is 10.2 Å². The third kappa shape index (κ3) is 8.10. The van der Waals surface area contributed by atoms with E-state index in [0.717, 1.165) is 11.1 Å². The van der Waals surface area contributed by atoms with Gasteiger partial charge in [0.1, 0.15) is 18.3 Å². The van der Waals surface area contributed by atoms with Gasteiger partial charge in [0.25, 0.3) is 10.0 Å². The number of carbonyl (C=O) groups excluding carboxylic acids is 2. The van der Waals surface area contributed by atoms with E-state index >= 15 is 0 Å². The minimum atomic E-state index is -4.11. The monoisotopic (exact) mass is 579 g/mol. The number of aryl methyl sites for hydroxylation is 1. The van der Waals surface area contributed by atoms with Gasteiger partial charge in [0, 0.05) is 12.1 Å². The molecule has 3 rings (SSSR count). The number of amides is 2. The first-order valence-electron chi connectivity index (χ1n) is 13.8. The second kappa shape index (κ2) is 13.7. The maximum absolute atomic E-state index is 14.2. The van der Waals surface area contributed by atoms with E-state index < -0.39 is 34.1 Å². The van der Waals surface area contributed by atoms with E-state index in [-0.39, 0.29) is 17.3 Å². The lowest BCUT2D eigenvalue weighted by molar-refractivity contribution is -0.141. The van der Waals surface area contributed by atoms with Crippen LogP contribution in [0.25, 0.3) is 0 Å². The Kier molecular flexibility index (Phi) is 10.6. The van der Waals surface area contributed by atoms with Crippen LogP contribution in [-0.2, 0) is 32.6 Å². The first kappa shape index (κ1) is 31.7. The number of hydrogen-bond donors (Lipinski definition) is 1. The molecule has 0 aromatic heterocycles. The number of ether oxygens (including phenoxy) is 1. The second-order valence-electron chi connectivity index (χ2n) is 10.8. The number of benzene rings is 3. The molecule has 41 heavy (non-hydrogen) atoms. The summed E-state index contributed by atoms with van der Waals surface area (Å²) in [5, 5.41) is 2.98. The summed E-state index contributed by atoms with van der Waals surface area (Å²) in [6.45, 7) is 9.06. The number of anilines is 1. The fraction of sp³-hybridized carbons (Fsp3) is 0.375. The van der Waals surface area contributed by atoms with Crippen molar-refractivity contribution in [2.75, 3.05) is 18.0 Å². The molecule has 3 aromatic carbocycles. The van der Waals surface area contributed by atoms with E-state index in [4.69, 9.17) is 4.74 Å². The summed E-state index contributed by atoms with van der Waals surface area (Å²) >= 11 is 0. The van der Waals surface area contributed by atoms with Gasteiger partial charge < -0.3 is 15.0 Å². The lowest BCUT2D eigenvalue weighted by Crippen LogP contribution is -2.55. The summed E-state index contributed by atoms with van der Waals surface area (Å²) in [6, 6.07) is 21.7. The van der Waals surface area contributed by atoms with Gasteiger partial charge in [-0.3, -0.25) is 13.9 Å². The highest BCUT2D eigenvalue weighted by Gasteiger charge is 2.35. The second-order valence-corrected chi connectivity index (χ2v) is 12.7. The summed E-state index contributed by atoms with van der Waals surface area (Å²) in [7, 11) is -2.54. The fourth-order valence-electron chi connectivity index (χ4n) is 4.59. The molecule has 3 aromatic rings. The maximum atomic E-state index is 14.2. The van der Waals surface area contributed by atoms with Crippen LogP contribution in [0.5, 0.6) is 5.75 Å². The molecular formula is C32H41N3O5S. The van der Waals surface area contributed by atoms with Gasteiger partial charge in [-0.1, -0.05) is 62.4 Å². The number of nitrogens with one attached hydrogen (secondary N) is 1. The smallest absolute Gasteiger partial charge is 0.264 e. The third-order valence-corrected chi connectivity index (χ3v) is 8.42. The average Bonchev–Trinajstić information content (AvgIpc) is 2.95. The molecule has 0 fully saturated rings. The van der Waals surface area contributed by atoms with Crippen LogP contribution in [0.4, 0.5) is 5.69 Å². The van der Waals surface area contributed by atoms with Gasteiger partial charge in [0.15, 0.2) is 0 Å². The molecule has 0 saturated carbocycles.